The first-order valence-corrected chi connectivity index (χ1v) is 7.93. The van der Waals surface area contributed by atoms with Crippen LogP contribution in [0.5, 0.6) is 5.75 Å². The highest BCUT2D eigenvalue weighted by Gasteiger charge is 2.07. The molecule has 2 aromatic rings. The van der Waals surface area contributed by atoms with Gasteiger partial charge in [0.15, 0.2) is 0 Å². The molecule has 0 aliphatic carbocycles. The highest BCUT2D eigenvalue weighted by molar-refractivity contribution is 6.32. The molecule has 5 nitrogen and oxygen atoms in total. The second-order valence-corrected chi connectivity index (χ2v) is 6.08. The highest BCUT2D eigenvalue weighted by atomic mass is 35.5. The van der Waals surface area contributed by atoms with Gasteiger partial charge in [-0.1, -0.05) is 23.7 Å². The molecule has 0 saturated heterocycles. The summed E-state index contributed by atoms with van der Waals surface area (Å²) in [4.78, 5) is 13.2. The number of amides is 2. The largest absolute Gasteiger partial charge is 0.495 e. The molecule has 2 amide bonds. The minimum Gasteiger partial charge on any atom is -0.495 e. The summed E-state index contributed by atoms with van der Waals surface area (Å²) in [6.07, 6.45) is 0. The second-order valence-electron chi connectivity index (χ2n) is 5.68. The molecule has 0 aromatic heterocycles. The van der Waals surface area contributed by atoms with Crippen molar-refractivity contribution in [1.29, 1.82) is 0 Å². The van der Waals surface area contributed by atoms with Gasteiger partial charge < -0.3 is 20.3 Å². The van der Waals surface area contributed by atoms with Crippen LogP contribution in [0.25, 0.3) is 0 Å². The lowest BCUT2D eigenvalue weighted by molar-refractivity contribution is 0.230. The third kappa shape index (κ3) is 4.55. The van der Waals surface area contributed by atoms with E-state index in [-0.39, 0.29) is 6.03 Å². The molecule has 2 aromatic carbocycles. The van der Waals surface area contributed by atoms with E-state index >= 15 is 0 Å². The smallest absolute Gasteiger partial charge is 0.321 e. The first-order chi connectivity index (χ1) is 11.4. The molecule has 24 heavy (non-hydrogen) atoms. The Morgan fingerprint density at radius 3 is 2.58 bits per heavy atom. The van der Waals surface area contributed by atoms with E-state index in [1.165, 1.54) is 4.90 Å². The SMILES string of the molecule is COc1ccc(CNc2cc(NC(=O)N(C)C)ccc2C)cc1Cl. The van der Waals surface area contributed by atoms with Crippen LogP contribution in [0.2, 0.25) is 5.02 Å². The average molecular weight is 348 g/mol. The maximum absolute atomic E-state index is 11.8. The van der Waals surface area contributed by atoms with E-state index in [0.29, 0.717) is 17.3 Å². The van der Waals surface area contributed by atoms with E-state index in [1.807, 2.05) is 43.3 Å². The lowest BCUT2D eigenvalue weighted by Gasteiger charge is -2.15. The third-order valence-electron chi connectivity index (χ3n) is 3.59. The van der Waals surface area contributed by atoms with Crippen LogP contribution in [-0.4, -0.2) is 32.1 Å². The van der Waals surface area contributed by atoms with E-state index in [2.05, 4.69) is 10.6 Å². The topological polar surface area (TPSA) is 53.6 Å². The summed E-state index contributed by atoms with van der Waals surface area (Å²) in [6, 6.07) is 11.3. The Labute approximate surface area is 147 Å². The molecule has 2 rings (SSSR count). The monoisotopic (exact) mass is 347 g/mol. The number of methoxy groups -OCH3 is 1. The molecule has 0 atom stereocenters. The number of nitrogens with one attached hydrogen (secondary N) is 2. The number of ether oxygens (including phenoxy) is 1. The first-order valence-electron chi connectivity index (χ1n) is 7.56. The molecule has 0 spiro atoms. The van der Waals surface area contributed by atoms with Gasteiger partial charge in [0.25, 0.3) is 0 Å². The van der Waals surface area contributed by atoms with Crippen molar-refractivity contribution in [3.05, 3.63) is 52.5 Å². The summed E-state index contributed by atoms with van der Waals surface area (Å²) in [7, 11) is 5.00. The zero-order chi connectivity index (χ0) is 17.7. The predicted molar refractivity (Wildman–Crippen MR) is 99.2 cm³/mol. The quantitative estimate of drug-likeness (QED) is 0.844. The molecular formula is C18H22ClN3O2. The summed E-state index contributed by atoms with van der Waals surface area (Å²) in [5, 5.41) is 6.80. The summed E-state index contributed by atoms with van der Waals surface area (Å²) < 4.78 is 5.16. The zero-order valence-electron chi connectivity index (χ0n) is 14.3. The van der Waals surface area contributed by atoms with E-state index in [9.17, 15) is 4.79 Å². The van der Waals surface area contributed by atoms with Crippen LogP contribution in [0.4, 0.5) is 16.2 Å². The van der Waals surface area contributed by atoms with E-state index < -0.39 is 0 Å². The maximum atomic E-state index is 11.8. The number of anilines is 2. The molecule has 2 N–H and O–H groups in total. The normalized spacial score (nSPS) is 10.2. The number of hydrogen-bond acceptors (Lipinski definition) is 3. The Morgan fingerprint density at radius 2 is 1.96 bits per heavy atom. The van der Waals surface area contributed by atoms with Gasteiger partial charge in [-0.25, -0.2) is 4.79 Å². The van der Waals surface area contributed by atoms with Gasteiger partial charge in [0.05, 0.1) is 12.1 Å². The lowest BCUT2D eigenvalue weighted by atomic mass is 10.1. The van der Waals surface area contributed by atoms with Gasteiger partial charge in [0.2, 0.25) is 0 Å². The fourth-order valence-corrected chi connectivity index (χ4v) is 2.42. The number of urea groups is 1. The van der Waals surface area contributed by atoms with Crippen molar-refractivity contribution in [2.45, 2.75) is 13.5 Å². The van der Waals surface area contributed by atoms with Gasteiger partial charge in [-0.2, -0.15) is 0 Å². The van der Waals surface area contributed by atoms with Gasteiger partial charge in [0.1, 0.15) is 5.75 Å². The number of halogens is 1. The predicted octanol–water partition coefficient (Wildman–Crippen LogP) is 4.36. The van der Waals surface area contributed by atoms with Crippen molar-refractivity contribution in [1.82, 2.24) is 4.90 Å². The Kier molecular flexibility index (Phi) is 5.93. The first kappa shape index (κ1) is 17.9. The Bertz CT molecular complexity index is 732. The van der Waals surface area contributed by atoms with Crippen molar-refractivity contribution >= 4 is 29.0 Å². The van der Waals surface area contributed by atoms with Crippen LogP contribution in [0, 0.1) is 6.92 Å². The Morgan fingerprint density at radius 1 is 1.21 bits per heavy atom. The van der Waals surface area contributed by atoms with E-state index in [4.69, 9.17) is 16.3 Å². The molecule has 0 fully saturated rings. The molecule has 0 saturated carbocycles. The number of nitrogens with zero attached hydrogens (tertiary/aromatic N) is 1. The van der Waals surface area contributed by atoms with Gasteiger partial charge >= 0.3 is 6.03 Å². The minimum atomic E-state index is -0.160. The minimum absolute atomic E-state index is 0.160. The van der Waals surface area contributed by atoms with Gasteiger partial charge in [0, 0.05) is 32.0 Å². The molecular weight excluding hydrogens is 326 g/mol. The second kappa shape index (κ2) is 7.93. The lowest BCUT2D eigenvalue weighted by Crippen LogP contribution is -2.27. The Hall–Kier alpha value is -2.40. The molecule has 0 aliphatic heterocycles. The van der Waals surface area contributed by atoms with Crippen LogP contribution in [0.3, 0.4) is 0 Å². The number of aryl methyl sites for hydroxylation is 1. The molecule has 0 aliphatic rings. The van der Waals surface area contributed by atoms with Crippen molar-refractivity contribution in [2.75, 3.05) is 31.8 Å². The summed E-state index contributed by atoms with van der Waals surface area (Å²) in [5.41, 5.74) is 3.84. The van der Waals surface area contributed by atoms with E-state index in [0.717, 1.165) is 22.5 Å². The molecule has 128 valence electrons. The highest BCUT2D eigenvalue weighted by Crippen LogP contribution is 2.26. The summed E-state index contributed by atoms with van der Waals surface area (Å²) in [6.45, 7) is 2.64. The van der Waals surface area contributed by atoms with Crippen LogP contribution in [-0.2, 0) is 6.54 Å². The number of benzene rings is 2. The third-order valence-corrected chi connectivity index (χ3v) is 3.89. The van der Waals surface area contributed by atoms with Crippen LogP contribution in [0.15, 0.2) is 36.4 Å². The van der Waals surface area contributed by atoms with Crippen molar-refractivity contribution in [2.24, 2.45) is 0 Å². The van der Waals surface area contributed by atoms with E-state index in [1.54, 1.807) is 21.2 Å². The van der Waals surface area contributed by atoms with Crippen molar-refractivity contribution in [3.8, 4) is 5.75 Å². The number of hydrogen-bond donors (Lipinski definition) is 2. The number of rotatable bonds is 5. The number of carbonyl (C=O) groups is 1. The van der Waals surface area contributed by atoms with Gasteiger partial charge in [-0.15, -0.1) is 0 Å². The fraction of sp³-hybridized carbons (Fsp3) is 0.278. The number of carbonyl (C=O) groups excluding carboxylic acids is 1. The van der Waals surface area contributed by atoms with Crippen LogP contribution >= 0.6 is 11.6 Å². The average Bonchev–Trinajstić information content (AvgIpc) is 2.55. The summed E-state index contributed by atoms with van der Waals surface area (Å²) in [5.74, 6) is 0.657. The van der Waals surface area contributed by atoms with Crippen LogP contribution in [0.1, 0.15) is 11.1 Å². The van der Waals surface area contributed by atoms with Crippen molar-refractivity contribution < 1.29 is 9.53 Å². The van der Waals surface area contributed by atoms with Gasteiger partial charge in [-0.05, 0) is 42.3 Å². The molecule has 6 heteroatoms. The maximum Gasteiger partial charge on any atom is 0.321 e. The molecule has 0 bridgehead atoms. The van der Waals surface area contributed by atoms with Crippen molar-refractivity contribution in [3.63, 3.8) is 0 Å². The molecule has 0 unspecified atom stereocenters. The van der Waals surface area contributed by atoms with Gasteiger partial charge in [-0.3, -0.25) is 0 Å². The fourth-order valence-electron chi connectivity index (χ4n) is 2.14. The standard InChI is InChI=1S/C18H22ClN3O2/c1-12-5-7-14(21-18(23)22(2)3)10-16(12)20-11-13-6-8-17(24-4)15(19)9-13/h5-10,20H,11H2,1-4H3,(H,21,23). The molecule has 0 radical (unpaired) electrons. The summed E-state index contributed by atoms with van der Waals surface area (Å²) >= 11 is 6.15. The zero-order valence-corrected chi connectivity index (χ0v) is 15.1. The molecule has 0 heterocycles. The Balaban J connectivity index is 2.09. The van der Waals surface area contributed by atoms with Crippen LogP contribution < -0.4 is 15.4 Å².